The number of nitriles is 1. The smallest absolute Gasteiger partial charge is 0.161 e. The first kappa shape index (κ1) is 12.3. The number of aryl methyl sites for hydroxylation is 1. The van der Waals surface area contributed by atoms with Crippen LogP contribution in [0.1, 0.15) is 5.56 Å². The van der Waals surface area contributed by atoms with E-state index in [9.17, 15) is 4.39 Å². The van der Waals surface area contributed by atoms with Crippen LogP contribution in [0, 0.1) is 24.1 Å². The van der Waals surface area contributed by atoms with Crippen molar-refractivity contribution in [2.75, 3.05) is 0 Å². The molecule has 98 valence electrons. The van der Waals surface area contributed by atoms with Crippen molar-refractivity contribution in [2.24, 2.45) is 0 Å². The third-order valence-electron chi connectivity index (χ3n) is 3.03. The van der Waals surface area contributed by atoms with Gasteiger partial charge in [-0.05, 0) is 30.7 Å². The molecule has 0 unspecified atom stereocenters. The van der Waals surface area contributed by atoms with Crippen LogP contribution in [0.4, 0.5) is 4.39 Å². The molecular formula is C15H11FN4. The van der Waals surface area contributed by atoms with E-state index in [-0.39, 0.29) is 12.4 Å². The van der Waals surface area contributed by atoms with Gasteiger partial charge in [0, 0.05) is 11.8 Å². The summed E-state index contributed by atoms with van der Waals surface area (Å²) in [6.07, 6.45) is 1.73. The molecule has 0 saturated carbocycles. The van der Waals surface area contributed by atoms with Gasteiger partial charge in [0.05, 0.1) is 6.07 Å². The van der Waals surface area contributed by atoms with Crippen molar-refractivity contribution in [3.8, 4) is 17.5 Å². The van der Waals surface area contributed by atoms with Gasteiger partial charge >= 0.3 is 0 Å². The van der Waals surface area contributed by atoms with Crippen molar-refractivity contribution in [1.82, 2.24) is 14.5 Å². The maximum absolute atomic E-state index is 13.4. The Hall–Kier alpha value is -2.74. The van der Waals surface area contributed by atoms with E-state index >= 15 is 0 Å². The highest BCUT2D eigenvalue weighted by molar-refractivity contribution is 5.77. The Morgan fingerprint density at radius 1 is 1.35 bits per heavy atom. The molecule has 0 bridgehead atoms. The van der Waals surface area contributed by atoms with Gasteiger partial charge in [-0.15, -0.1) is 0 Å². The minimum atomic E-state index is -0.331. The standard InChI is InChI=1S/C15H11FN4/c1-10-7-13-15(18-9-10)20(6-5-17)14(19-13)11-3-2-4-12(16)8-11/h2-4,7-9H,6H2,1H3. The molecule has 0 aliphatic heterocycles. The molecular weight excluding hydrogens is 255 g/mol. The number of benzene rings is 1. The zero-order chi connectivity index (χ0) is 14.1. The number of nitrogens with zero attached hydrogens (tertiary/aromatic N) is 4. The second-order valence-corrected chi connectivity index (χ2v) is 4.55. The first-order valence-corrected chi connectivity index (χ1v) is 6.15. The zero-order valence-electron chi connectivity index (χ0n) is 10.8. The minimum Gasteiger partial charge on any atom is -0.295 e. The van der Waals surface area contributed by atoms with Crippen molar-refractivity contribution < 1.29 is 4.39 Å². The fourth-order valence-corrected chi connectivity index (χ4v) is 2.18. The van der Waals surface area contributed by atoms with Crippen LogP contribution in [-0.2, 0) is 6.54 Å². The quantitative estimate of drug-likeness (QED) is 0.716. The van der Waals surface area contributed by atoms with Gasteiger partial charge in [0.1, 0.15) is 23.7 Å². The summed E-state index contributed by atoms with van der Waals surface area (Å²) in [5.74, 6) is 0.223. The number of aromatic nitrogens is 3. The summed E-state index contributed by atoms with van der Waals surface area (Å²) >= 11 is 0. The Morgan fingerprint density at radius 3 is 2.95 bits per heavy atom. The SMILES string of the molecule is Cc1cnc2c(c1)nc(-c1cccc(F)c1)n2CC#N. The molecule has 0 amide bonds. The summed E-state index contributed by atoms with van der Waals surface area (Å²) < 4.78 is 15.1. The molecule has 0 radical (unpaired) electrons. The monoisotopic (exact) mass is 266 g/mol. The third-order valence-corrected chi connectivity index (χ3v) is 3.03. The Labute approximate surface area is 115 Å². The van der Waals surface area contributed by atoms with Gasteiger partial charge in [-0.1, -0.05) is 12.1 Å². The highest BCUT2D eigenvalue weighted by atomic mass is 19.1. The number of imidazole rings is 1. The number of fused-ring (bicyclic) bond motifs is 1. The maximum Gasteiger partial charge on any atom is 0.161 e. The molecule has 1 aromatic carbocycles. The molecule has 2 heterocycles. The average Bonchev–Trinajstić information content (AvgIpc) is 2.77. The van der Waals surface area contributed by atoms with Crippen LogP contribution in [0.25, 0.3) is 22.6 Å². The molecule has 0 fully saturated rings. The molecule has 2 aromatic heterocycles. The molecule has 3 rings (SSSR count). The first-order valence-electron chi connectivity index (χ1n) is 6.15. The Balaban J connectivity index is 2.29. The van der Waals surface area contributed by atoms with E-state index in [1.165, 1.54) is 12.1 Å². The van der Waals surface area contributed by atoms with Gasteiger partial charge in [-0.2, -0.15) is 5.26 Å². The molecule has 0 aliphatic carbocycles. The first-order chi connectivity index (χ1) is 9.69. The van der Waals surface area contributed by atoms with Gasteiger partial charge in [0.25, 0.3) is 0 Å². The summed E-state index contributed by atoms with van der Waals surface area (Å²) in [4.78, 5) is 8.81. The Kier molecular flexibility index (Phi) is 2.92. The van der Waals surface area contributed by atoms with Crippen LogP contribution in [0.5, 0.6) is 0 Å². The summed E-state index contributed by atoms with van der Waals surface area (Å²) in [5.41, 5.74) is 2.97. The Bertz CT molecular complexity index is 829. The van der Waals surface area contributed by atoms with E-state index < -0.39 is 0 Å². The normalized spacial score (nSPS) is 10.7. The lowest BCUT2D eigenvalue weighted by Gasteiger charge is -2.04. The molecule has 0 atom stereocenters. The number of rotatable bonds is 2. The lowest BCUT2D eigenvalue weighted by molar-refractivity contribution is 0.628. The van der Waals surface area contributed by atoms with E-state index in [2.05, 4.69) is 16.0 Å². The summed E-state index contributed by atoms with van der Waals surface area (Å²) in [6.45, 7) is 2.05. The number of pyridine rings is 1. The number of halogens is 1. The van der Waals surface area contributed by atoms with Crippen molar-refractivity contribution in [3.63, 3.8) is 0 Å². The summed E-state index contributed by atoms with van der Waals surface area (Å²) in [7, 11) is 0. The predicted octanol–water partition coefficient (Wildman–Crippen LogP) is 3.07. The summed E-state index contributed by atoms with van der Waals surface area (Å²) in [5, 5.41) is 8.98. The largest absolute Gasteiger partial charge is 0.295 e. The van der Waals surface area contributed by atoms with E-state index in [1.54, 1.807) is 22.9 Å². The van der Waals surface area contributed by atoms with E-state index in [0.29, 0.717) is 22.6 Å². The fourth-order valence-electron chi connectivity index (χ4n) is 2.18. The van der Waals surface area contributed by atoms with Crippen LogP contribution in [0.15, 0.2) is 36.5 Å². The highest BCUT2D eigenvalue weighted by Crippen LogP contribution is 2.24. The maximum atomic E-state index is 13.4. The van der Waals surface area contributed by atoms with Crippen molar-refractivity contribution in [2.45, 2.75) is 13.5 Å². The third kappa shape index (κ3) is 2.01. The predicted molar refractivity (Wildman–Crippen MR) is 73.3 cm³/mol. The molecule has 4 nitrogen and oxygen atoms in total. The van der Waals surface area contributed by atoms with E-state index in [0.717, 1.165) is 5.56 Å². The van der Waals surface area contributed by atoms with Gasteiger partial charge < -0.3 is 0 Å². The van der Waals surface area contributed by atoms with Crippen LogP contribution in [0.3, 0.4) is 0 Å². The highest BCUT2D eigenvalue weighted by Gasteiger charge is 2.14. The minimum absolute atomic E-state index is 0.123. The van der Waals surface area contributed by atoms with Crippen LogP contribution in [0.2, 0.25) is 0 Å². The molecule has 3 aromatic rings. The van der Waals surface area contributed by atoms with Gasteiger partial charge in [0.2, 0.25) is 0 Å². The molecule has 0 spiro atoms. The van der Waals surface area contributed by atoms with Crippen LogP contribution < -0.4 is 0 Å². The number of hydrogen-bond acceptors (Lipinski definition) is 3. The molecule has 0 saturated heterocycles. The van der Waals surface area contributed by atoms with Crippen LogP contribution >= 0.6 is 0 Å². The van der Waals surface area contributed by atoms with Gasteiger partial charge in [-0.3, -0.25) is 4.57 Å². The van der Waals surface area contributed by atoms with Gasteiger partial charge in [0.15, 0.2) is 5.65 Å². The topological polar surface area (TPSA) is 54.5 Å². The number of hydrogen-bond donors (Lipinski definition) is 0. The lowest BCUT2D eigenvalue weighted by Crippen LogP contribution is -2.00. The second-order valence-electron chi connectivity index (χ2n) is 4.55. The lowest BCUT2D eigenvalue weighted by atomic mass is 10.2. The molecule has 5 heteroatoms. The van der Waals surface area contributed by atoms with E-state index in [1.807, 2.05) is 13.0 Å². The van der Waals surface area contributed by atoms with Crippen molar-refractivity contribution in [1.29, 1.82) is 5.26 Å². The summed E-state index contributed by atoms with van der Waals surface area (Å²) in [6, 6.07) is 10.2. The van der Waals surface area contributed by atoms with E-state index in [4.69, 9.17) is 5.26 Å². The Morgan fingerprint density at radius 2 is 2.20 bits per heavy atom. The fraction of sp³-hybridized carbons (Fsp3) is 0.133. The van der Waals surface area contributed by atoms with Crippen molar-refractivity contribution >= 4 is 11.2 Å². The van der Waals surface area contributed by atoms with Gasteiger partial charge in [-0.25, -0.2) is 14.4 Å². The van der Waals surface area contributed by atoms with Crippen molar-refractivity contribution in [3.05, 3.63) is 47.9 Å². The molecule has 0 aliphatic rings. The second kappa shape index (κ2) is 4.74. The molecule has 20 heavy (non-hydrogen) atoms. The zero-order valence-corrected chi connectivity index (χ0v) is 10.8. The average molecular weight is 266 g/mol. The molecule has 0 N–H and O–H groups in total. The van der Waals surface area contributed by atoms with Crippen LogP contribution in [-0.4, -0.2) is 14.5 Å².